The van der Waals surface area contributed by atoms with Gasteiger partial charge in [-0.05, 0) is 30.2 Å². The smallest absolute Gasteiger partial charge is 0.313 e. The van der Waals surface area contributed by atoms with Gasteiger partial charge in [-0.2, -0.15) is 0 Å². The fourth-order valence-electron chi connectivity index (χ4n) is 2.50. The molecule has 23 heavy (non-hydrogen) atoms. The SMILES string of the molecule is CC(C(=O)OCCc1ccccc1)c1ccc2c(c1)OCCO2. The maximum atomic E-state index is 12.2. The van der Waals surface area contributed by atoms with Crippen molar-refractivity contribution in [3.8, 4) is 11.5 Å². The molecule has 1 unspecified atom stereocenters. The molecule has 3 rings (SSSR count). The van der Waals surface area contributed by atoms with Gasteiger partial charge in [0.15, 0.2) is 11.5 Å². The Morgan fingerprint density at radius 2 is 1.83 bits per heavy atom. The zero-order valence-electron chi connectivity index (χ0n) is 13.2. The van der Waals surface area contributed by atoms with Crippen LogP contribution in [0.25, 0.3) is 0 Å². The number of esters is 1. The summed E-state index contributed by atoms with van der Waals surface area (Å²) in [7, 11) is 0. The van der Waals surface area contributed by atoms with Gasteiger partial charge in [-0.15, -0.1) is 0 Å². The van der Waals surface area contributed by atoms with Crippen LogP contribution in [0.3, 0.4) is 0 Å². The molecule has 4 heteroatoms. The fourth-order valence-corrected chi connectivity index (χ4v) is 2.50. The van der Waals surface area contributed by atoms with Crippen molar-refractivity contribution < 1.29 is 19.0 Å². The number of rotatable bonds is 5. The first-order chi connectivity index (χ1) is 11.2. The molecule has 2 aromatic rings. The third-order valence-electron chi connectivity index (χ3n) is 3.90. The van der Waals surface area contributed by atoms with E-state index in [0.717, 1.165) is 23.3 Å². The van der Waals surface area contributed by atoms with Gasteiger partial charge in [0.1, 0.15) is 13.2 Å². The summed E-state index contributed by atoms with van der Waals surface area (Å²) in [5, 5.41) is 0. The van der Waals surface area contributed by atoms with Crippen LogP contribution in [0.2, 0.25) is 0 Å². The van der Waals surface area contributed by atoms with Crippen LogP contribution in [-0.4, -0.2) is 25.8 Å². The van der Waals surface area contributed by atoms with E-state index in [-0.39, 0.29) is 11.9 Å². The second-order valence-electron chi connectivity index (χ2n) is 5.53. The standard InChI is InChI=1S/C19H20O4/c1-14(16-7-8-17-18(13-16)22-12-11-21-17)19(20)23-10-9-15-5-3-2-4-6-15/h2-8,13-14H,9-12H2,1H3. The molecule has 1 heterocycles. The molecule has 0 bridgehead atoms. The van der Waals surface area contributed by atoms with E-state index in [9.17, 15) is 4.79 Å². The number of hydrogen-bond donors (Lipinski definition) is 0. The van der Waals surface area contributed by atoms with E-state index in [1.54, 1.807) is 0 Å². The van der Waals surface area contributed by atoms with Crippen LogP contribution in [0.15, 0.2) is 48.5 Å². The summed E-state index contributed by atoms with van der Waals surface area (Å²) in [5.74, 6) is 0.863. The van der Waals surface area contributed by atoms with Crippen LogP contribution >= 0.6 is 0 Å². The molecule has 0 amide bonds. The van der Waals surface area contributed by atoms with Crippen molar-refractivity contribution in [2.75, 3.05) is 19.8 Å². The minimum atomic E-state index is -0.332. The molecule has 0 aliphatic carbocycles. The minimum Gasteiger partial charge on any atom is -0.486 e. The molecular weight excluding hydrogens is 292 g/mol. The van der Waals surface area contributed by atoms with Crippen LogP contribution < -0.4 is 9.47 Å². The van der Waals surface area contributed by atoms with Gasteiger partial charge in [-0.3, -0.25) is 4.79 Å². The van der Waals surface area contributed by atoms with E-state index in [2.05, 4.69) is 0 Å². The number of fused-ring (bicyclic) bond motifs is 1. The molecule has 4 nitrogen and oxygen atoms in total. The van der Waals surface area contributed by atoms with Crippen LogP contribution in [0.5, 0.6) is 11.5 Å². The molecule has 1 atom stereocenters. The van der Waals surface area contributed by atoms with Crippen molar-refractivity contribution >= 4 is 5.97 Å². The Hall–Kier alpha value is -2.49. The Balaban J connectivity index is 1.56. The molecule has 0 saturated carbocycles. The van der Waals surface area contributed by atoms with Crippen LogP contribution in [0.4, 0.5) is 0 Å². The van der Waals surface area contributed by atoms with E-state index < -0.39 is 0 Å². The highest BCUT2D eigenvalue weighted by molar-refractivity contribution is 5.78. The van der Waals surface area contributed by atoms with Crippen molar-refractivity contribution in [2.24, 2.45) is 0 Å². The molecule has 1 aliphatic heterocycles. The topological polar surface area (TPSA) is 44.8 Å². The van der Waals surface area contributed by atoms with Crippen molar-refractivity contribution in [3.63, 3.8) is 0 Å². The Labute approximate surface area is 136 Å². The lowest BCUT2D eigenvalue weighted by molar-refractivity contribution is -0.144. The summed E-state index contributed by atoms with van der Waals surface area (Å²) < 4.78 is 16.4. The highest BCUT2D eigenvalue weighted by atomic mass is 16.6. The van der Waals surface area contributed by atoms with E-state index in [1.165, 1.54) is 0 Å². The van der Waals surface area contributed by atoms with Crippen LogP contribution in [-0.2, 0) is 16.0 Å². The average Bonchev–Trinajstić information content (AvgIpc) is 2.61. The molecule has 0 fully saturated rings. The van der Waals surface area contributed by atoms with Gasteiger partial charge in [0.05, 0.1) is 12.5 Å². The Morgan fingerprint density at radius 1 is 1.09 bits per heavy atom. The zero-order valence-corrected chi connectivity index (χ0v) is 13.2. The van der Waals surface area contributed by atoms with Crippen molar-refractivity contribution in [1.82, 2.24) is 0 Å². The predicted molar refractivity (Wildman–Crippen MR) is 87.0 cm³/mol. The predicted octanol–water partition coefficient (Wildman–Crippen LogP) is 3.35. The second-order valence-corrected chi connectivity index (χ2v) is 5.53. The van der Waals surface area contributed by atoms with Gasteiger partial charge in [0.25, 0.3) is 0 Å². The maximum Gasteiger partial charge on any atom is 0.313 e. The van der Waals surface area contributed by atoms with Gasteiger partial charge in [0, 0.05) is 6.42 Å². The second kappa shape index (κ2) is 7.18. The lowest BCUT2D eigenvalue weighted by Gasteiger charge is -2.20. The highest BCUT2D eigenvalue weighted by Gasteiger charge is 2.20. The Morgan fingerprint density at radius 3 is 2.61 bits per heavy atom. The van der Waals surface area contributed by atoms with Crippen molar-refractivity contribution in [1.29, 1.82) is 0 Å². The van der Waals surface area contributed by atoms with Crippen LogP contribution in [0, 0.1) is 0 Å². The number of carbonyl (C=O) groups excluding carboxylic acids is 1. The van der Waals surface area contributed by atoms with Gasteiger partial charge < -0.3 is 14.2 Å². The number of carbonyl (C=O) groups is 1. The third-order valence-corrected chi connectivity index (χ3v) is 3.90. The zero-order chi connectivity index (χ0) is 16.1. The normalized spacial score (nSPS) is 14.1. The quantitative estimate of drug-likeness (QED) is 0.794. The number of benzene rings is 2. The number of hydrogen-bond acceptors (Lipinski definition) is 4. The van der Waals surface area contributed by atoms with Gasteiger partial charge in [-0.25, -0.2) is 0 Å². The first kappa shape index (κ1) is 15.4. The molecule has 1 aliphatic rings. The molecule has 120 valence electrons. The molecular formula is C19H20O4. The summed E-state index contributed by atoms with van der Waals surface area (Å²) in [6, 6.07) is 15.6. The van der Waals surface area contributed by atoms with Crippen molar-refractivity contribution in [2.45, 2.75) is 19.3 Å². The average molecular weight is 312 g/mol. The molecule has 0 spiro atoms. The fraction of sp³-hybridized carbons (Fsp3) is 0.316. The summed E-state index contributed by atoms with van der Waals surface area (Å²) in [6.07, 6.45) is 0.723. The summed E-state index contributed by atoms with van der Waals surface area (Å²) in [5.41, 5.74) is 2.03. The molecule has 0 aromatic heterocycles. The monoisotopic (exact) mass is 312 g/mol. The van der Waals surface area contributed by atoms with Gasteiger partial charge in [-0.1, -0.05) is 36.4 Å². The van der Waals surface area contributed by atoms with E-state index >= 15 is 0 Å². The maximum absolute atomic E-state index is 12.2. The minimum absolute atomic E-state index is 0.224. The van der Waals surface area contributed by atoms with Gasteiger partial charge >= 0.3 is 5.97 Å². The third kappa shape index (κ3) is 3.83. The summed E-state index contributed by atoms with van der Waals surface area (Å²) in [6.45, 7) is 3.32. The van der Waals surface area contributed by atoms with Crippen LogP contribution in [0.1, 0.15) is 24.0 Å². The molecule has 2 aromatic carbocycles. The van der Waals surface area contributed by atoms with Crippen molar-refractivity contribution in [3.05, 3.63) is 59.7 Å². The first-order valence-electron chi connectivity index (χ1n) is 7.84. The largest absolute Gasteiger partial charge is 0.486 e. The van der Waals surface area contributed by atoms with E-state index in [4.69, 9.17) is 14.2 Å². The molecule has 0 saturated heterocycles. The Kier molecular flexibility index (Phi) is 4.81. The number of ether oxygens (including phenoxy) is 3. The van der Waals surface area contributed by atoms with Gasteiger partial charge in [0.2, 0.25) is 0 Å². The molecule has 0 radical (unpaired) electrons. The first-order valence-corrected chi connectivity index (χ1v) is 7.84. The summed E-state index contributed by atoms with van der Waals surface area (Å²) in [4.78, 5) is 12.2. The highest BCUT2D eigenvalue weighted by Crippen LogP contribution is 2.33. The van der Waals surface area contributed by atoms with E-state index in [1.807, 2.05) is 55.5 Å². The Bertz CT molecular complexity index is 666. The lowest BCUT2D eigenvalue weighted by atomic mass is 10.0. The van der Waals surface area contributed by atoms with E-state index in [0.29, 0.717) is 25.6 Å². The summed E-state index contributed by atoms with van der Waals surface area (Å²) >= 11 is 0. The lowest BCUT2D eigenvalue weighted by Crippen LogP contribution is -2.17. The molecule has 0 N–H and O–H groups in total.